The lowest BCUT2D eigenvalue weighted by Gasteiger charge is -2.22. The molecule has 1 unspecified atom stereocenters. The van der Waals surface area contributed by atoms with Gasteiger partial charge in [-0.2, -0.15) is 0 Å². The minimum absolute atomic E-state index is 0.147. The lowest BCUT2D eigenvalue weighted by Crippen LogP contribution is -2.38. The van der Waals surface area contributed by atoms with Gasteiger partial charge in [0, 0.05) is 19.5 Å². The maximum atomic E-state index is 12.5. The van der Waals surface area contributed by atoms with E-state index >= 15 is 0 Å². The Bertz CT molecular complexity index is 684. The Morgan fingerprint density at radius 3 is 1.96 bits per heavy atom. The molecule has 0 heterocycles. The number of amides is 1. The van der Waals surface area contributed by atoms with Crippen LogP contribution in [0.1, 0.15) is 25.0 Å². The highest BCUT2D eigenvalue weighted by atomic mass is 16.6. The zero-order valence-corrected chi connectivity index (χ0v) is 15.3. The molecule has 138 valence electrons. The summed E-state index contributed by atoms with van der Waals surface area (Å²) in [5.74, 6) is -0.543. The second-order valence-electron chi connectivity index (χ2n) is 5.83. The van der Waals surface area contributed by atoms with Crippen LogP contribution >= 0.6 is 0 Å². The lowest BCUT2D eigenvalue weighted by molar-refractivity contribution is -0.155. The van der Waals surface area contributed by atoms with Crippen LogP contribution in [0.25, 0.3) is 0 Å². The molecule has 2 aromatic carbocycles. The summed E-state index contributed by atoms with van der Waals surface area (Å²) in [6.45, 7) is 4.92. The number of rotatable bonds is 8. The van der Waals surface area contributed by atoms with Crippen molar-refractivity contribution in [3.63, 3.8) is 0 Å². The molecule has 2 rings (SSSR count). The van der Waals surface area contributed by atoms with Crippen molar-refractivity contribution in [3.05, 3.63) is 71.8 Å². The Kier molecular flexibility index (Phi) is 7.68. The fraction of sp³-hybridized carbons (Fsp3) is 0.333. The molecule has 1 atom stereocenters. The van der Waals surface area contributed by atoms with Gasteiger partial charge in [-0.1, -0.05) is 60.7 Å². The molecule has 26 heavy (non-hydrogen) atoms. The van der Waals surface area contributed by atoms with Crippen LogP contribution in [0.3, 0.4) is 0 Å². The number of ether oxygens (including phenoxy) is 2. The van der Waals surface area contributed by atoms with Crippen molar-refractivity contribution in [2.45, 2.75) is 33.0 Å². The summed E-state index contributed by atoms with van der Waals surface area (Å²) in [6, 6.07) is 18.9. The van der Waals surface area contributed by atoms with Gasteiger partial charge in [-0.05, 0) is 25.0 Å². The van der Waals surface area contributed by atoms with Crippen molar-refractivity contribution < 1.29 is 19.1 Å². The van der Waals surface area contributed by atoms with Gasteiger partial charge < -0.3 is 14.4 Å². The number of hydrogen-bond acceptors (Lipinski definition) is 4. The predicted octanol–water partition coefficient (Wildman–Crippen LogP) is 3.82. The summed E-state index contributed by atoms with van der Waals surface area (Å²) < 4.78 is 10.8. The monoisotopic (exact) mass is 355 g/mol. The minimum atomic E-state index is -0.978. The maximum absolute atomic E-state index is 12.5. The number of carbonyl (C=O) groups is 2. The quantitative estimate of drug-likeness (QED) is 0.676. The molecule has 5 nitrogen and oxygen atoms in total. The van der Waals surface area contributed by atoms with E-state index in [1.165, 1.54) is 4.90 Å². The third-order valence-electron chi connectivity index (χ3n) is 4.02. The molecule has 0 bridgehead atoms. The molecule has 0 aliphatic heterocycles. The van der Waals surface area contributed by atoms with Crippen LogP contribution in [0.4, 0.5) is 4.79 Å². The first-order chi connectivity index (χ1) is 12.6. The van der Waals surface area contributed by atoms with Crippen molar-refractivity contribution >= 4 is 12.1 Å². The highest BCUT2D eigenvalue weighted by Crippen LogP contribution is 2.11. The van der Waals surface area contributed by atoms with E-state index in [2.05, 4.69) is 0 Å². The van der Waals surface area contributed by atoms with Gasteiger partial charge in [-0.15, -0.1) is 0 Å². The third-order valence-corrected chi connectivity index (χ3v) is 4.02. The number of carbonyl (C=O) groups excluding carboxylic acids is 2. The standard InChI is InChI=1S/C21H25NO4/c1-3-22(4-2)21(24)26-19(15-17-11-7-5-8-12-17)20(23)25-16-18-13-9-6-10-14-18/h5-14,19H,3-4,15-16H2,1-2H3. The fourth-order valence-corrected chi connectivity index (χ4v) is 2.50. The molecular weight excluding hydrogens is 330 g/mol. The van der Waals surface area contributed by atoms with Crippen molar-refractivity contribution in [1.29, 1.82) is 0 Å². The average Bonchev–Trinajstić information content (AvgIpc) is 2.68. The van der Waals surface area contributed by atoms with E-state index in [0.717, 1.165) is 11.1 Å². The number of hydrogen-bond donors (Lipinski definition) is 0. The number of esters is 1. The Hall–Kier alpha value is -2.82. The first-order valence-corrected chi connectivity index (χ1v) is 8.84. The number of benzene rings is 2. The van der Waals surface area contributed by atoms with Gasteiger partial charge in [0.05, 0.1) is 0 Å². The van der Waals surface area contributed by atoms with Gasteiger partial charge in [-0.3, -0.25) is 0 Å². The molecule has 2 aromatic rings. The van der Waals surface area contributed by atoms with Crippen molar-refractivity contribution in [2.24, 2.45) is 0 Å². The molecular formula is C21H25NO4. The van der Waals surface area contributed by atoms with Gasteiger partial charge >= 0.3 is 12.1 Å². The number of nitrogens with zero attached hydrogens (tertiary/aromatic N) is 1. The van der Waals surface area contributed by atoms with E-state index in [4.69, 9.17) is 9.47 Å². The van der Waals surface area contributed by atoms with E-state index in [1.807, 2.05) is 74.5 Å². The summed E-state index contributed by atoms with van der Waals surface area (Å²) >= 11 is 0. The van der Waals surface area contributed by atoms with E-state index < -0.39 is 18.2 Å². The summed E-state index contributed by atoms with van der Waals surface area (Å²) in [6.07, 6.45) is -1.21. The largest absolute Gasteiger partial charge is 0.458 e. The van der Waals surface area contributed by atoms with Crippen molar-refractivity contribution in [1.82, 2.24) is 4.90 Å². The Balaban J connectivity index is 2.05. The second-order valence-corrected chi connectivity index (χ2v) is 5.83. The molecule has 0 spiro atoms. The van der Waals surface area contributed by atoms with Crippen LogP contribution in [0, 0.1) is 0 Å². The summed E-state index contributed by atoms with van der Waals surface area (Å²) in [5, 5.41) is 0. The molecule has 0 aromatic heterocycles. The third kappa shape index (κ3) is 5.92. The zero-order chi connectivity index (χ0) is 18.8. The first-order valence-electron chi connectivity index (χ1n) is 8.84. The van der Waals surface area contributed by atoms with E-state index in [9.17, 15) is 9.59 Å². The SMILES string of the molecule is CCN(CC)C(=O)OC(Cc1ccccc1)C(=O)OCc1ccccc1. The fourth-order valence-electron chi connectivity index (χ4n) is 2.50. The molecule has 1 amide bonds. The van der Waals surface area contributed by atoms with Crippen LogP contribution in [-0.4, -0.2) is 36.2 Å². The zero-order valence-electron chi connectivity index (χ0n) is 15.3. The smallest absolute Gasteiger partial charge is 0.410 e. The van der Waals surface area contributed by atoms with Gasteiger partial charge in [0.15, 0.2) is 0 Å². The molecule has 5 heteroatoms. The van der Waals surface area contributed by atoms with Crippen LogP contribution in [0.5, 0.6) is 0 Å². The van der Waals surface area contributed by atoms with Gasteiger partial charge in [-0.25, -0.2) is 9.59 Å². The first kappa shape index (κ1) is 19.5. The van der Waals surface area contributed by atoms with E-state index in [1.54, 1.807) is 0 Å². The summed E-state index contributed by atoms with van der Waals surface area (Å²) in [7, 11) is 0. The molecule has 0 N–H and O–H groups in total. The predicted molar refractivity (Wildman–Crippen MR) is 99.6 cm³/mol. The van der Waals surface area contributed by atoms with Gasteiger partial charge in [0.2, 0.25) is 6.10 Å². The van der Waals surface area contributed by atoms with Crippen LogP contribution in [0.15, 0.2) is 60.7 Å². The topological polar surface area (TPSA) is 55.8 Å². The Labute approximate surface area is 154 Å². The highest BCUT2D eigenvalue weighted by Gasteiger charge is 2.27. The lowest BCUT2D eigenvalue weighted by atomic mass is 10.1. The molecule has 0 fully saturated rings. The molecule has 0 saturated carbocycles. The van der Waals surface area contributed by atoms with E-state index in [-0.39, 0.29) is 13.0 Å². The Morgan fingerprint density at radius 1 is 0.885 bits per heavy atom. The second kappa shape index (κ2) is 10.2. The van der Waals surface area contributed by atoms with E-state index in [0.29, 0.717) is 13.1 Å². The molecule has 0 aliphatic rings. The van der Waals surface area contributed by atoms with Crippen molar-refractivity contribution in [3.8, 4) is 0 Å². The highest BCUT2D eigenvalue weighted by molar-refractivity contribution is 5.79. The van der Waals surface area contributed by atoms with Crippen LogP contribution < -0.4 is 0 Å². The summed E-state index contributed by atoms with van der Waals surface area (Å²) in [4.78, 5) is 26.3. The summed E-state index contributed by atoms with van der Waals surface area (Å²) in [5.41, 5.74) is 1.79. The van der Waals surface area contributed by atoms with Gasteiger partial charge in [0.25, 0.3) is 0 Å². The maximum Gasteiger partial charge on any atom is 0.410 e. The minimum Gasteiger partial charge on any atom is -0.458 e. The molecule has 0 aliphatic carbocycles. The molecule has 0 saturated heterocycles. The molecule has 0 radical (unpaired) electrons. The Morgan fingerprint density at radius 2 is 1.42 bits per heavy atom. The average molecular weight is 355 g/mol. The normalized spacial score (nSPS) is 11.5. The van der Waals surface area contributed by atoms with Gasteiger partial charge in [0.1, 0.15) is 6.61 Å². The van der Waals surface area contributed by atoms with Crippen LogP contribution in [0.2, 0.25) is 0 Å². The van der Waals surface area contributed by atoms with Crippen LogP contribution in [-0.2, 0) is 27.3 Å². The van der Waals surface area contributed by atoms with Crippen molar-refractivity contribution in [2.75, 3.05) is 13.1 Å².